The predicted octanol–water partition coefficient (Wildman–Crippen LogP) is -1.85. The summed E-state index contributed by atoms with van der Waals surface area (Å²) in [7, 11) is 1.60. The predicted molar refractivity (Wildman–Crippen MR) is 65.4 cm³/mol. The summed E-state index contributed by atoms with van der Waals surface area (Å²) in [4.78, 5) is 24.3. The summed E-state index contributed by atoms with van der Waals surface area (Å²) in [5.41, 5.74) is 21.9. The minimum atomic E-state index is -0.0145. The van der Waals surface area contributed by atoms with Crippen LogP contribution in [-0.4, -0.2) is 37.0 Å². The van der Waals surface area contributed by atoms with Gasteiger partial charge in [0.15, 0.2) is 0 Å². The summed E-state index contributed by atoms with van der Waals surface area (Å²) < 4.78 is 0. The third-order valence-corrected chi connectivity index (χ3v) is 1.92. The Morgan fingerprint density at radius 3 is 1.17 bits per heavy atom. The van der Waals surface area contributed by atoms with E-state index in [2.05, 4.69) is 29.9 Å². The Kier molecular flexibility index (Phi) is 2.63. The molecular formula is C7H11N11. The van der Waals surface area contributed by atoms with Crippen LogP contribution < -0.4 is 27.8 Å². The van der Waals surface area contributed by atoms with E-state index in [1.807, 2.05) is 0 Å². The van der Waals surface area contributed by atoms with Crippen LogP contribution in [0.1, 0.15) is 0 Å². The van der Waals surface area contributed by atoms with E-state index in [1.165, 1.54) is 4.90 Å². The van der Waals surface area contributed by atoms with Crippen molar-refractivity contribution in [3.05, 3.63) is 0 Å². The molecule has 18 heavy (non-hydrogen) atoms. The largest absolute Gasteiger partial charge is 0.368 e. The second-order valence-corrected chi connectivity index (χ2v) is 3.26. The fourth-order valence-electron chi connectivity index (χ4n) is 1.18. The molecule has 94 valence electrons. The molecule has 0 aliphatic heterocycles. The van der Waals surface area contributed by atoms with Gasteiger partial charge < -0.3 is 22.9 Å². The van der Waals surface area contributed by atoms with Crippen molar-refractivity contribution in [2.45, 2.75) is 0 Å². The fraction of sp³-hybridized carbons (Fsp3) is 0.143. The van der Waals surface area contributed by atoms with Crippen LogP contribution in [0.4, 0.5) is 35.7 Å². The Balaban J connectivity index is 2.43. The van der Waals surface area contributed by atoms with Crippen molar-refractivity contribution in [1.29, 1.82) is 0 Å². The van der Waals surface area contributed by atoms with E-state index in [1.54, 1.807) is 7.05 Å². The average molecular weight is 249 g/mol. The summed E-state index contributed by atoms with van der Waals surface area (Å²) >= 11 is 0. The first kappa shape index (κ1) is 11.5. The molecule has 0 amide bonds. The van der Waals surface area contributed by atoms with Gasteiger partial charge in [-0.1, -0.05) is 0 Å². The smallest absolute Gasteiger partial charge is 0.238 e. The second-order valence-electron chi connectivity index (χ2n) is 3.26. The SMILES string of the molecule is CN(c1nc(N)nc(N)n1)c1nc(N)nc(N)n1. The van der Waals surface area contributed by atoms with Gasteiger partial charge in [-0.3, -0.25) is 4.90 Å². The lowest BCUT2D eigenvalue weighted by atomic mass is 10.7. The van der Waals surface area contributed by atoms with E-state index < -0.39 is 0 Å². The lowest BCUT2D eigenvalue weighted by molar-refractivity contribution is 0.944. The number of nitrogen functional groups attached to an aromatic ring is 4. The second kappa shape index (κ2) is 4.12. The van der Waals surface area contributed by atoms with Crippen molar-refractivity contribution < 1.29 is 0 Å². The van der Waals surface area contributed by atoms with Gasteiger partial charge in [-0.25, -0.2) is 0 Å². The molecular weight excluding hydrogens is 238 g/mol. The van der Waals surface area contributed by atoms with E-state index in [0.29, 0.717) is 0 Å². The van der Waals surface area contributed by atoms with E-state index in [0.717, 1.165) is 0 Å². The van der Waals surface area contributed by atoms with Crippen LogP contribution in [0.3, 0.4) is 0 Å². The number of rotatable bonds is 2. The first-order valence-corrected chi connectivity index (χ1v) is 4.73. The molecule has 2 rings (SSSR count). The van der Waals surface area contributed by atoms with Gasteiger partial charge in [-0.05, 0) is 0 Å². The Morgan fingerprint density at radius 2 is 0.889 bits per heavy atom. The molecule has 11 heteroatoms. The molecule has 0 aliphatic carbocycles. The van der Waals surface area contributed by atoms with Crippen LogP contribution in [0.2, 0.25) is 0 Å². The maximum atomic E-state index is 5.46. The van der Waals surface area contributed by atoms with Gasteiger partial charge in [0.2, 0.25) is 35.7 Å². The Bertz CT molecular complexity index is 490. The molecule has 2 aromatic heterocycles. The number of hydrogen-bond donors (Lipinski definition) is 4. The first-order chi connectivity index (χ1) is 8.45. The molecule has 0 fully saturated rings. The van der Waals surface area contributed by atoms with Crippen LogP contribution in [0, 0.1) is 0 Å². The first-order valence-electron chi connectivity index (χ1n) is 4.73. The van der Waals surface area contributed by atoms with Gasteiger partial charge in [0, 0.05) is 7.05 Å². The highest BCUT2D eigenvalue weighted by Gasteiger charge is 2.13. The zero-order chi connectivity index (χ0) is 13.3. The summed E-state index contributed by atoms with van der Waals surface area (Å²) in [6, 6.07) is 0. The zero-order valence-corrected chi connectivity index (χ0v) is 9.44. The third kappa shape index (κ3) is 2.23. The van der Waals surface area contributed by atoms with Crippen LogP contribution in [0.15, 0.2) is 0 Å². The van der Waals surface area contributed by atoms with Gasteiger partial charge in [-0.15, -0.1) is 0 Å². The minimum absolute atomic E-state index is 0.0145. The molecule has 8 N–H and O–H groups in total. The van der Waals surface area contributed by atoms with Gasteiger partial charge >= 0.3 is 0 Å². The van der Waals surface area contributed by atoms with Crippen molar-refractivity contribution >= 4 is 35.7 Å². The Morgan fingerprint density at radius 1 is 0.611 bits per heavy atom. The van der Waals surface area contributed by atoms with E-state index in [-0.39, 0.29) is 35.7 Å². The highest BCUT2D eigenvalue weighted by atomic mass is 15.4. The molecule has 0 saturated carbocycles. The molecule has 2 heterocycles. The van der Waals surface area contributed by atoms with Crippen molar-refractivity contribution in [2.24, 2.45) is 0 Å². The lowest BCUT2D eigenvalue weighted by Gasteiger charge is -2.15. The van der Waals surface area contributed by atoms with E-state index in [9.17, 15) is 0 Å². The molecule has 11 nitrogen and oxygen atoms in total. The standard InChI is InChI=1S/C7H11N11/c1-18(6-14-2(8)12-3(9)15-6)7-16-4(10)13-5(11)17-7/h1H3,(H4,8,9,12,14,15)(H4,10,11,13,16,17). The number of hydrogen-bond acceptors (Lipinski definition) is 11. The third-order valence-electron chi connectivity index (χ3n) is 1.92. The normalized spacial score (nSPS) is 10.3. The highest BCUT2D eigenvalue weighted by Crippen LogP contribution is 2.17. The molecule has 0 aromatic carbocycles. The van der Waals surface area contributed by atoms with Gasteiger partial charge in [0.05, 0.1) is 0 Å². The number of nitrogens with zero attached hydrogens (tertiary/aromatic N) is 7. The molecule has 0 radical (unpaired) electrons. The minimum Gasteiger partial charge on any atom is -0.368 e. The molecule has 0 atom stereocenters. The van der Waals surface area contributed by atoms with Gasteiger partial charge in [-0.2, -0.15) is 29.9 Å². The van der Waals surface area contributed by atoms with E-state index in [4.69, 9.17) is 22.9 Å². The molecule has 0 aliphatic rings. The summed E-state index contributed by atoms with van der Waals surface area (Å²) in [5.74, 6) is 0.285. The monoisotopic (exact) mass is 249 g/mol. The summed E-state index contributed by atoms with van der Waals surface area (Å²) in [6.07, 6.45) is 0. The van der Waals surface area contributed by atoms with Crippen LogP contribution in [-0.2, 0) is 0 Å². The van der Waals surface area contributed by atoms with Gasteiger partial charge in [0.25, 0.3) is 0 Å². The topological polar surface area (TPSA) is 185 Å². The van der Waals surface area contributed by atoms with Crippen molar-refractivity contribution in [2.75, 3.05) is 34.9 Å². The van der Waals surface area contributed by atoms with Crippen molar-refractivity contribution in [3.63, 3.8) is 0 Å². The van der Waals surface area contributed by atoms with Crippen LogP contribution in [0.25, 0.3) is 0 Å². The van der Waals surface area contributed by atoms with Crippen LogP contribution >= 0.6 is 0 Å². The maximum Gasteiger partial charge on any atom is 0.238 e. The summed E-state index contributed by atoms with van der Waals surface area (Å²) in [5, 5.41) is 0. The molecule has 2 aromatic rings. The molecule has 0 unspecified atom stereocenters. The average Bonchev–Trinajstić information content (AvgIpc) is 2.25. The number of aromatic nitrogens is 6. The van der Waals surface area contributed by atoms with E-state index >= 15 is 0 Å². The molecule has 0 saturated heterocycles. The lowest BCUT2D eigenvalue weighted by Crippen LogP contribution is -2.19. The molecule has 0 spiro atoms. The number of nitrogens with two attached hydrogens (primary N) is 4. The quantitative estimate of drug-likeness (QED) is 0.468. The number of anilines is 6. The van der Waals surface area contributed by atoms with Crippen molar-refractivity contribution in [1.82, 2.24) is 29.9 Å². The Labute approximate surface area is 101 Å². The van der Waals surface area contributed by atoms with Crippen molar-refractivity contribution in [3.8, 4) is 0 Å². The maximum absolute atomic E-state index is 5.46. The Hall–Kier alpha value is -2.98. The molecule has 0 bridgehead atoms. The summed E-state index contributed by atoms with van der Waals surface area (Å²) in [6.45, 7) is 0. The van der Waals surface area contributed by atoms with Gasteiger partial charge in [0.1, 0.15) is 0 Å². The van der Waals surface area contributed by atoms with Crippen LogP contribution in [0.5, 0.6) is 0 Å². The highest BCUT2D eigenvalue weighted by molar-refractivity contribution is 5.52. The zero-order valence-electron chi connectivity index (χ0n) is 9.44. The fourth-order valence-corrected chi connectivity index (χ4v) is 1.18.